The van der Waals surface area contributed by atoms with Crippen LogP contribution < -0.4 is 14.2 Å². The van der Waals surface area contributed by atoms with Gasteiger partial charge in [0.1, 0.15) is 11.8 Å². The van der Waals surface area contributed by atoms with Crippen molar-refractivity contribution in [2.75, 3.05) is 28.4 Å². The highest BCUT2D eigenvalue weighted by molar-refractivity contribution is 8.18. The third-order valence-corrected chi connectivity index (χ3v) is 4.66. The van der Waals surface area contributed by atoms with Crippen LogP contribution >= 0.6 is 11.8 Å². The molecule has 0 N–H and O–H groups in total. The second-order valence-corrected chi connectivity index (χ2v) is 6.19. The van der Waals surface area contributed by atoms with Crippen molar-refractivity contribution >= 4 is 35.0 Å². The molecule has 1 aromatic carbocycles. The third kappa shape index (κ3) is 3.62. The first-order valence-corrected chi connectivity index (χ1v) is 8.34. The quantitative estimate of drug-likeness (QED) is 0.548. The molecular formula is C17H19NO7S. The molecule has 0 spiro atoms. The number of methoxy groups -OCH3 is 4. The van der Waals surface area contributed by atoms with E-state index in [0.717, 1.165) is 16.7 Å². The molecule has 0 aliphatic carbocycles. The number of imide groups is 1. The van der Waals surface area contributed by atoms with Crippen LogP contribution in [0.15, 0.2) is 17.0 Å². The lowest BCUT2D eigenvalue weighted by Gasteiger charge is -2.18. The van der Waals surface area contributed by atoms with Crippen LogP contribution in [-0.4, -0.2) is 56.5 Å². The van der Waals surface area contributed by atoms with E-state index < -0.39 is 23.2 Å². The molecule has 1 aliphatic rings. The van der Waals surface area contributed by atoms with E-state index in [2.05, 4.69) is 4.74 Å². The molecule has 9 heteroatoms. The van der Waals surface area contributed by atoms with Crippen molar-refractivity contribution < 1.29 is 33.3 Å². The Balaban J connectivity index is 2.43. The fraction of sp³-hybridized carbons (Fsp3) is 0.353. The minimum Gasteiger partial charge on any atom is -0.496 e. The monoisotopic (exact) mass is 381 g/mol. The molecule has 1 fully saturated rings. The van der Waals surface area contributed by atoms with Gasteiger partial charge in [-0.05, 0) is 30.8 Å². The summed E-state index contributed by atoms with van der Waals surface area (Å²) in [5, 5.41) is -0.543. The van der Waals surface area contributed by atoms with Crippen LogP contribution in [0.4, 0.5) is 4.79 Å². The van der Waals surface area contributed by atoms with Gasteiger partial charge in [0.2, 0.25) is 0 Å². The lowest BCUT2D eigenvalue weighted by molar-refractivity contribution is -0.148. The van der Waals surface area contributed by atoms with Gasteiger partial charge in [-0.1, -0.05) is 0 Å². The minimum absolute atomic E-state index is 0.163. The zero-order chi connectivity index (χ0) is 19.4. The summed E-state index contributed by atoms with van der Waals surface area (Å²) in [6.45, 7) is 1.43. The standard InChI is InChI=1S/C17H19NO7S/c1-9(16(20)25-5)18-15(19)14(26-17(18)21)7-10-6-12(23-3)13(24-4)8-11(10)22-2/h6-9H,1-5H3/b14-7+/t9-/m0/s1. The fourth-order valence-electron chi connectivity index (χ4n) is 2.40. The Bertz CT molecular complexity index is 775. The van der Waals surface area contributed by atoms with Crippen molar-refractivity contribution in [1.82, 2.24) is 4.90 Å². The van der Waals surface area contributed by atoms with E-state index >= 15 is 0 Å². The minimum atomic E-state index is -1.01. The number of carbonyl (C=O) groups excluding carboxylic acids is 3. The van der Waals surface area contributed by atoms with E-state index in [-0.39, 0.29) is 4.91 Å². The summed E-state index contributed by atoms with van der Waals surface area (Å²) in [6, 6.07) is 2.24. The Morgan fingerprint density at radius 3 is 2.15 bits per heavy atom. The number of carbonyl (C=O) groups is 3. The highest BCUT2D eigenvalue weighted by Crippen LogP contribution is 2.39. The summed E-state index contributed by atoms with van der Waals surface area (Å²) in [4.78, 5) is 37.4. The Morgan fingerprint density at radius 2 is 1.62 bits per heavy atom. The zero-order valence-electron chi connectivity index (χ0n) is 15.0. The van der Waals surface area contributed by atoms with E-state index in [4.69, 9.17) is 14.2 Å². The van der Waals surface area contributed by atoms with Crippen LogP contribution in [0.25, 0.3) is 6.08 Å². The lowest BCUT2D eigenvalue weighted by atomic mass is 10.1. The van der Waals surface area contributed by atoms with Crippen molar-refractivity contribution in [2.24, 2.45) is 0 Å². The van der Waals surface area contributed by atoms with Gasteiger partial charge in [0.05, 0.1) is 33.3 Å². The van der Waals surface area contributed by atoms with E-state index in [9.17, 15) is 14.4 Å². The summed E-state index contributed by atoms with van der Waals surface area (Å²) in [7, 11) is 5.66. The first-order chi connectivity index (χ1) is 12.4. The van der Waals surface area contributed by atoms with Gasteiger partial charge in [-0.3, -0.25) is 14.5 Å². The molecule has 1 atom stereocenters. The predicted molar refractivity (Wildman–Crippen MR) is 95.4 cm³/mol. The van der Waals surface area contributed by atoms with E-state index in [1.807, 2.05) is 0 Å². The number of amides is 2. The second-order valence-electron chi connectivity index (χ2n) is 5.20. The van der Waals surface area contributed by atoms with Crippen molar-refractivity contribution in [1.29, 1.82) is 0 Å². The number of esters is 1. The van der Waals surface area contributed by atoms with Gasteiger partial charge in [-0.15, -0.1) is 0 Å². The maximum absolute atomic E-state index is 12.6. The average molecular weight is 381 g/mol. The fourth-order valence-corrected chi connectivity index (χ4v) is 3.30. The molecule has 1 aliphatic heterocycles. The predicted octanol–water partition coefficient (Wildman–Crippen LogP) is 2.31. The van der Waals surface area contributed by atoms with E-state index in [1.165, 1.54) is 41.4 Å². The third-order valence-electron chi connectivity index (χ3n) is 3.78. The smallest absolute Gasteiger partial charge is 0.328 e. The Labute approximate surface area is 155 Å². The SMILES string of the molecule is COC(=O)[C@H](C)N1C(=O)S/C(=C/c2cc(OC)c(OC)cc2OC)C1=O. The van der Waals surface area contributed by atoms with E-state index in [0.29, 0.717) is 22.8 Å². The summed E-state index contributed by atoms with van der Waals surface area (Å²) < 4.78 is 20.4. The normalized spacial score (nSPS) is 16.7. The van der Waals surface area contributed by atoms with Crippen LogP contribution in [0.2, 0.25) is 0 Å². The van der Waals surface area contributed by atoms with Crippen LogP contribution in [0.3, 0.4) is 0 Å². The van der Waals surface area contributed by atoms with Crippen molar-refractivity contribution in [3.63, 3.8) is 0 Å². The van der Waals surface area contributed by atoms with Crippen LogP contribution in [0.1, 0.15) is 12.5 Å². The van der Waals surface area contributed by atoms with Gasteiger partial charge in [0.25, 0.3) is 11.1 Å². The molecule has 1 aromatic rings. The topological polar surface area (TPSA) is 91.4 Å². The zero-order valence-corrected chi connectivity index (χ0v) is 15.8. The molecule has 0 unspecified atom stereocenters. The van der Waals surface area contributed by atoms with Gasteiger partial charge in [0.15, 0.2) is 11.5 Å². The lowest BCUT2D eigenvalue weighted by Crippen LogP contribution is -2.42. The number of hydrogen-bond acceptors (Lipinski definition) is 8. The van der Waals surface area contributed by atoms with Crippen molar-refractivity contribution in [3.05, 3.63) is 22.6 Å². The molecular weight excluding hydrogens is 362 g/mol. The molecule has 0 radical (unpaired) electrons. The van der Waals surface area contributed by atoms with Gasteiger partial charge < -0.3 is 18.9 Å². The van der Waals surface area contributed by atoms with Gasteiger partial charge >= 0.3 is 5.97 Å². The maximum atomic E-state index is 12.6. The van der Waals surface area contributed by atoms with Crippen LogP contribution in [-0.2, 0) is 14.3 Å². The first-order valence-electron chi connectivity index (χ1n) is 7.52. The summed E-state index contributed by atoms with van der Waals surface area (Å²) >= 11 is 0.739. The number of nitrogens with zero attached hydrogens (tertiary/aromatic N) is 1. The van der Waals surface area contributed by atoms with Gasteiger partial charge in [-0.2, -0.15) is 0 Å². The molecule has 1 heterocycles. The molecule has 0 saturated carbocycles. The maximum Gasteiger partial charge on any atom is 0.328 e. The highest BCUT2D eigenvalue weighted by Gasteiger charge is 2.41. The highest BCUT2D eigenvalue weighted by atomic mass is 32.2. The Hall–Kier alpha value is -2.68. The Morgan fingerprint density at radius 1 is 1.04 bits per heavy atom. The van der Waals surface area contributed by atoms with Gasteiger partial charge in [0, 0.05) is 11.6 Å². The number of ether oxygens (including phenoxy) is 4. The summed E-state index contributed by atoms with van der Waals surface area (Å²) in [6.07, 6.45) is 1.51. The molecule has 0 aromatic heterocycles. The first kappa shape index (κ1) is 19.6. The molecule has 0 bridgehead atoms. The van der Waals surface area contributed by atoms with Crippen LogP contribution in [0.5, 0.6) is 17.2 Å². The van der Waals surface area contributed by atoms with Crippen molar-refractivity contribution in [3.8, 4) is 17.2 Å². The summed E-state index contributed by atoms with van der Waals surface area (Å²) in [5.74, 6) is 0.109. The van der Waals surface area contributed by atoms with Gasteiger partial charge in [-0.25, -0.2) is 4.79 Å². The summed E-state index contributed by atoms with van der Waals surface area (Å²) in [5.41, 5.74) is 0.529. The largest absolute Gasteiger partial charge is 0.496 e. The molecule has 2 amide bonds. The molecule has 26 heavy (non-hydrogen) atoms. The number of hydrogen-bond donors (Lipinski definition) is 0. The molecule has 2 rings (SSSR count). The average Bonchev–Trinajstić information content (AvgIpc) is 2.93. The number of benzene rings is 1. The molecule has 8 nitrogen and oxygen atoms in total. The second kappa shape index (κ2) is 8.13. The molecule has 140 valence electrons. The molecule has 1 saturated heterocycles. The number of rotatable bonds is 6. The number of thioether (sulfide) groups is 1. The van der Waals surface area contributed by atoms with Crippen LogP contribution in [0, 0.1) is 0 Å². The van der Waals surface area contributed by atoms with E-state index in [1.54, 1.807) is 12.1 Å². The van der Waals surface area contributed by atoms with Crippen molar-refractivity contribution in [2.45, 2.75) is 13.0 Å². The Kier molecular flexibility index (Phi) is 6.14.